The SMILES string of the molecule is COc1ccccc1C(C)=CC(=O)NCCN1C(=O)CCC1=O. The summed E-state index contributed by atoms with van der Waals surface area (Å²) in [5.74, 6) is 0.0739. The zero-order chi connectivity index (χ0) is 16.8. The number of likely N-dealkylation sites (tertiary alicyclic amines) is 1. The fourth-order valence-electron chi connectivity index (χ4n) is 2.46. The molecule has 1 aromatic carbocycles. The Morgan fingerprint density at radius 3 is 2.57 bits per heavy atom. The van der Waals surface area contributed by atoms with E-state index in [0.717, 1.165) is 11.1 Å². The number of amides is 3. The van der Waals surface area contributed by atoms with Crippen LogP contribution in [0.5, 0.6) is 5.75 Å². The van der Waals surface area contributed by atoms with Crippen molar-refractivity contribution in [1.29, 1.82) is 0 Å². The van der Waals surface area contributed by atoms with E-state index in [0.29, 0.717) is 5.75 Å². The van der Waals surface area contributed by atoms with E-state index in [2.05, 4.69) is 5.32 Å². The zero-order valence-electron chi connectivity index (χ0n) is 13.3. The number of carbonyl (C=O) groups is 3. The van der Waals surface area contributed by atoms with Crippen molar-refractivity contribution in [1.82, 2.24) is 10.2 Å². The zero-order valence-corrected chi connectivity index (χ0v) is 13.3. The van der Waals surface area contributed by atoms with Gasteiger partial charge in [0.15, 0.2) is 0 Å². The normalized spacial score (nSPS) is 15.0. The summed E-state index contributed by atoms with van der Waals surface area (Å²) in [6.45, 7) is 2.28. The molecule has 122 valence electrons. The molecule has 3 amide bonds. The first-order valence-electron chi connectivity index (χ1n) is 7.45. The Balaban J connectivity index is 1.91. The van der Waals surface area contributed by atoms with Crippen LogP contribution in [0.4, 0.5) is 0 Å². The molecule has 0 spiro atoms. The van der Waals surface area contributed by atoms with Gasteiger partial charge in [-0.3, -0.25) is 19.3 Å². The molecule has 1 N–H and O–H groups in total. The fourth-order valence-corrected chi connectivity index (χ4v) is 2.46. The summed E-state index contributed by atoms with van der Waals surface area (Å²) in [5, 5.41) is 2.69. The van der Waals surface area contributed by atoms with Crippen LogP contribution >= 0.6 is 0 Å². The molecule has 1 aliphatic rings. The van der Waals surface area contributed by atoms with Crippen LogP contribution < -0.4 is 10.1 Å². The van der Waals surface area contributed by atoms with Gasteiger partial charge < -0.3 is 10.1 Å². The van der Waals surface area contributed by atoms with E-state index in [1.165, 1.54) is 11.0 Å². The van der Waals surface area contributed by atoms with E-state index in [-0.39, 0.29) is 43.7 Å². The van der Waals surface area contributed by atoms with Gasteiger partial charge in [0.05, 0.1) is 7.11 Å². The van der Waals surface area contributed by atoms with Crippen LogP contribution in [0.1, 0.15) is 25.3 Å². The van der Waals surface area contributed by atoms with Gasteiger partial charge >= 0.3 is 0 Å². The van der Waals surface area contributed by atoms with Crippen molar-refractivity contribution in [2.24, 2.45) is 0 Å². The largest absolute Gasteiger partial charge is 0.496 e. The van der Waals surface area contributed by atoms with E-state index in [1.54, 1.807) is 7.11 Å². The summed E-state index contributed by atoms with van der Waals surface area (Å²) < 4.78 is 5.27. The smallest absolute Gasteiger partial charge is 0.244 e. The first-order chi connectivity index (χ1) is 11.0. The van der Waals surface area contributed by atoms with Crippen molar-refractivity contribution in [2.75, 3.05) is 20.2 Å². The monoisotopic (exact) mass is 316 g/mol. The predicted molar refractivity (Wildman–Crippen MR) is 85.6 cm³/mol. The molecule has 0 unspecified atom stereocenters. The number of nitrogens with one attached hydrogen (secondary N) is 1. The average molecular weight is 316 g/mol. The third-order valence-corrected chi connectivity index (χ3v) is 3.67. The summed E-state index contributed by atoms with van der Waals surface area (Å²) in [7, 11) is 1.58. The molecule has 1 fully saturated rings. The fraction of sp³-hybridized carbons (Fsp3) is 0.353. The van der Waals surface area contributed by atoms with Gasteiger partial charge in [-0.25, -0.2) is 0 Å². The Kier molecular flexibility index (Phi) is 5.51. The maximum absolute atomic E-state index is 11.9. The molecule has 1 saturated heterocycles. The number of rotatable bonds is 6. The molecular weight excluding hydrogens is 296 g/mol. The van der Waals surface area contributed by atoms with Crippen LogP contribution in [0.25, 0.3) is 5.57 Å². The van der Waals surface area contributed by atoms with Crippen LogP contribution in [0, 0.1) is 0 Å². The van der Waals surface area contributed by atoms with Crippen molar-refractivity contribution >= 4 is 23.3 Å². The lowest BCUT2D eigenvalue weighted by molar-refractivity contribution is -0.138. The molecule has 0 atom stereocenters. The minimum absolute atomic E-state index is 0.176. The van der Waals surface area contributed by atoms with Crippen LogP contribution in [-0.2, 0) is 14.4 Å². The van der Waals surface area contributed by atoms with Crippen molar-refractivity contribution in [3.63, 3.8) is 0 Å². The van der Waals surface area contributed by atoms with Crippen molar-refractivity contribution in [3.8, 4) is 5.75 Å². The summed E-state index contributed by atoms with van der Waals surface area (Å²) in [6, 6.07) is 7.44. The Morgan fingerprint density at radius 2 is 1.91 bits per heavy atom. The van der Waals surface area contributed by atoms with Crippen LogP contribution in [0.15, 0.2) is 30.3 Å². The van der Waals surface area contributed by atoms with E-state index in [1.807, 2.05) is 31.2 Å². The van der Waals surface area contributed by atoms with E-state index >= 15 is 0 Å². The van der Waals surface area contributed by atoms with Crippen LogP contribution in [0.3, 0.4) is 0 Å². The number of carbonyl (C=O) groups excluding carboxylic acids is 3. The first kappa shape index (κ1) is 16.7. The third-order valence-electron chi connectivity index (χ3n) is 3.67. The van der Waals surface area contributed by atoms with Gasteiger partial charge in [-0.05, 0) is 18.6 Å². The molecule has 1 aromatic rings. The van der Waals surface area contributed by atoms with Gasteiger partial charge in [-0.1, -0.05) is 18.2 Å². The lowest BCUT2D eigenvalue weighted by Crippen LogP contribution is -2.37. The summed E-state index contributed by atoms with van der Waals surface area (Å²) in [6.07, 6.45) is 2.00. The van der Waals surface area contributed by atoms with Crippen LogP contribution in [-0.4, -0.2) is 42.8 Å². The van der Waals surface area contributed by atoms with E-state index < -0.39 is 0 Å². The van der Waals surface area contributed by atoms with Gasteiger partial charge in [0.1, 0.15) is 5.75 Å². The number of hydrogen-bond donors (Lipinski definition) is 1. The molecule has 0 bridgehead atoms. The van der Waals surface area contributed by atoms with Crippen molar-refractivity contribution < 1.29 is 19.1 Å². The molecule has 0 aromatic heterocycles. The first-order valence-corrected chi connectivity index (χ1v) is 7.45. The highest BCUT2D eigenvalue weighted by Crippen LogP contribution is 2.24. The minimum atomic E-state index is -0.271. The highest BCUT2D eigenvalue weighted by atomic mass is 16.5. The summed E-state index contributed by atoms with van der Waals surface area (Å²) >= 11 is 0. The van der Waals surface area contributed by atoms with E-state index in [9.17, 15) is 14.4 Å². The number of ether oxygens (including phenoxy) is 1. The Morgan fingerprint density at radius 1 is 1.26 bits per heavy atom. The Labute approximate surface area is 135 Å². The number of allylic oxidation sites excluding steroid dienone is 1. The average Bonchev–Trinajstić information content (AvgIpc) is 2.86. The molecular formula is C17H20N2O4. The molecule has 6 heteroatoms. The Hall–Kier alpha value is -2.63. The molecule has 1 heterocycles. The number of nitrogens with zero attached hydrogens (tertiary/aromatic N) is 1. The Bertz CT molecular complexity index is 636. The van der Waals surface area contributed by atoms with Gasteiger partial charge in [0.25, 0.3) is 0 Å². The molecule has 0 radical (unpaired) electrons. The summed E-state index contributed by atoms with van der Waals surface area (Å²) in [4.78, 5) is 36.1. The molecule has 6 nitrogen and oxygen atoms in total. The predicted octanol–water partition coefficient (Wildman–Crippen LogP) is 1.36. The number of hydrogen-bond acceptors (Lipinski definition) is 4. The second-order valence-corrected chi connectivity index (χ2v) is 5.26. The molecule has 23 heavy (non-hydrogen) atoms. The standard InChI is InChI=1S/C17H20N2O4/c1-12(13-5-3-4-6-14(13)23-2)11-15(20)18-9-10-19-16(21)7-8-17(19)22/h3-6,11H,7-10H2,1-2H3,(H,18,20). The van der Waals surface area contributed by atoms with Gasteiger partial charge in [-0.2, -0.15) is 0 Å². The van der Waals surface area contributed by atoms with Crippen molar-refractivity contribution in [2.45, 2.75) is 19.8 Å². The highest BCUT2D eigenvalue weighted by molar-refractivity contribution is 6.02. The van der Waals surface area contributed by atoms with Gasteiger partial charge in [0, 0.05) is 37.6 Å². The number of para-hydroxylation sites is 1. The second-order valence-electron chi connectivity index (χ2n) is 5.26. The van der Waals surface area contributed by atoms with Gasteiger partial charge in [-0.15, -0.1) is 0 Å². The van der Waals surface area contributed by atoms with E-state index in [4.69, 9.17) is 4.74 Å². The van der Waals surface area contributed by atoms with Crippen molar-refractivity contribution in [3.05, 3.63) is 35.9 Å². The second kappa shape index (κ2) is 7.58. The lowest BCUT2D eigenvalue weighted by atomic mass is 10.1. The van der Waals surface area contributed by atoms with Crippen LogP contribution in [0.2, 0.25) is 0 Å². The maximum Gasteiger partial charge on any atom is 0.244 e. The number of benzene rings is 1. The molecule has 0 saturated carbocycles. The summed E-state index contributed by atoms with van der Waals surface area (Å²) in [5.41, 5.74) is 1.61. The van der Waals surface area contributed by atoms with Gasteiger partial charge in [0.2, 0.25) is 17.7 Å². The lowest BCUT2D eigenvalue weighted by Gasteiger charge is -2.13. The molecule has 0 aliphatic carbocycles. The minimum Gasteiger partial charge on any atom is -0.496 e. The topological polar surface area (TPSA) is 75.7 Å². The maximum atomic E-state index is 11.9. The highest BCUT2D eigenvalue weighted by Gasteiger charge is 2.28. The molecule has 1 aliphatic heterocycles. The third kappa shape index (κ3) is 4.18. The quantitative estimate of drug-likeness (QED) is 0.635. The number of methoxy groups -OCH3 is 1. The molecule has 2 rings (SSSR count). The number of imide groups is 1.